The topological polar surface area (TPSA) is 95.9 Å². The van der Waals surface area contributed by atoms with E-state index in [-0.39, 0.29) is 6.54 Å². The first-order valence-electron chi connectivity index (χ1n) is 5.18. The number of carbonyl (C=O) groups is 1. The minimum Gasteiger partial charge on any atom is -0.440 e. The summed E-state index contributed by atoms with van der Waals surface area (Å²) in [5.41, 5.74) is 5.69. The third-order valence-corrected chi connectivity index (χ3v) is 3.06. The summed E-state index contributed by atoms with van der Waals surface area (Å²) in [5, 5.41) is 11.4. The summed E-state index contributed by atoms with van der Waals surface area (Å²) in [7, 11) is 0. The van der Waals surface area contributed by atoms with Crippen LogP contribution in [0.15, 0.2) is 24.5 Å². The number of hydrogen-bond donors (Lipinski definition) is 1. The number of carbonyl (C=O) groups excluding carboxylic acids is 1. The molecular weight excluding hydrogens is 293 g/mol. The van der Waals surface area contributed by atoms with Gasteiger partial charge in [0.15, 0.2) is 0 Å². The average molecular weight is 302 g/mol. The second-order valence-electron chi connectivity index (χ2n) is 3.63. The van der Waals surface area contributed by atoms with Crippen molar-refractivity contribution in [3.05, 3.63) is 40.1 Å². The van der Waals surface area contributed by atoms with Crippen molar-refractivity contribution in [2.24, 2.45) is 5.73 Å². The smallest absolute Gasteiger partial charge is 0.405 e. The largest absolute Gasteiger partial charge is 0.440 e. The lowest BCUT2D eigenvalue weighted by Crippen LogP contribution is -2.21. The molecule has 2 N–H and O–H groups in total. The van der Waals surface area contributed by atoms with Crippen LogP contribution in [0.3, 0.4) is 0 Å². The van der Waals surface area contributed by atoms with E-state index in [9.17, 15) is 4.79 Å². The van der Waals surface area contributed by atoms with Crippen molar-refractivity contribution in [3.8, 4) is 0 Å². The lowest BCUT2D eigenvalue weighted by Gasteiger charge is -2.17. The summed E-state index contributed by atoms with van der Waals surface area (Å²) in [6.07, 6.45) is -0.158. The predicted molar refractivity (Wildman–Crippen MR) is 67.7 cm³/mol. The lowest BCUT2D eigenvalue weighted by atomic mass is 10.1. The van der Waals surface area contributed by atoms with E-state index >= 15 is 0 Å². The van der Waals surface area contributed by atoms with E-state index < -0.39 is 12.2 Å². The first-order valence-corrected chi connectivity index (χ1v) is 5.93. The molecule has 0 radical (unpaired) electrons. The van der Waals surface area contributed by atoms with Crippen LogP contribution in [0.1, 0.15) is 11.7 Å². The van der Waals surface area contributed by atoms with Gasteiger partial charge in [0.25, 0.3) is 0 Å². The number of halogens is 2. The molecule has 0 aliphatic heterocycles. The quantitative estimate of drug-likeness (QED) is 0.929. The van der Waals surface area contributed by atoms with E-state index in [1.165, 1.54) is 11.0 Å². The number of rotatable bonds is 4. The average Bonchev–Trinajstić information content (AvgIpc) is 2.84. The van der Waals surface area contributed by atoms with Crippen molar-refractivity contribution in [2.75, 3.05) is 0 Å². The molecule has 0 saturated carbocycles. The van der Waals surface area contributed by atoms with Gasteiger partial charge in [0, 0.05) is 0 Å². The molecule has 1 aromatic heterocycles. The summed E-state index contributed by atoms with van der Waals surface area (Å²) in [5.74, 6) is 0. The van der Waals surface area contributed by atoms with Gasteiger partial charge in [-0.25, -0.2) is 9.48 Å². The van der Waals surface area contributed by atoms with E-state index in [4.69, 9.17) is 33.7 Å². The van der Waals surface area contributed by atoms with E-state index in [0.717, 1.165) is 0 Å². The number of hydrogen-bond acceptors (Lipinski definition) is 5. The highest BCUT2D eigenvalue weighted by Gasteiger charge is 2.18. The molecule has 2 aromatic rings. The normalized spacial score (nSPS) is 12.1. The van der Waals surface area contributed by atoms with Crippen LogP contribution >= 0.6 is 23.2 Å². The Kier molecular flexibility index (Phi) is 4.18. The van der Waals surface area contributed by atoms with Crippen LogP contribution in [-0.4, -0.2) is 26.3 Å². The minimum atomic E-state index is -0.899. The monoisotopic (exact) mass is 301 g/mol. The maximum atomic E-state index is 10.9. The Bertz CT molecular complexity index is 575. The molecule has 0 aliphatic carbocycles. The van der Waals surface area contributed by atoms with Crippen molar-refractivity contribution >= 4 is 29.3 Å². The lowest BCUT2D eigenvalue weighted by molar-refractivity contribution is 0.0930. The number of primary amides is 1. The van der Waals surface area contributed by atoms with Crippen LogP contribution in [0.4, 0.5) is 4.79 Å². The third-order valence-electron chi connectivity index (χ3n) is 2.32. The number of nitrogens with zero attached hydrogens (tertiary/aromatic N) is 4. The maximum Gasteiger partial charge on any atom is 0.405 e. The van der Waals surface area contributed by atoms with Gasteiger partial charge in [-0.05, 0) is 28.1 Å². The molecule has 7 nitrogen and oxygen atoms in total. The molecule has 0 saturated heterocycles. The van der Waals surface area contributed by atoms with Crippen LogP contribution < -0.4 is 5.73 Å². The van der Waals surface area contributed by atoms with Crippen LogP contribution in [0, 0.1) is 0 Å². The highest BCUT2D eigenvalue weighted by atomic mass is 35.5. The van der Waals surface area contributed by atoms with Gasteiger partial charge in [-0.3, -0.25) is 0 Å². The first kappa shape index (κ1) is 13.6. The number of nitrogens with two attached hydrogens (primary N) is 1. The van der Waals surface area contributed by atoms with Crippen LogP contribution in [0.25, 0.3) is 0 Å². The van der Waals surface area contributed by atoms with Crippen molar-refractivity contribution in [1.82, 2.24) is 20.2 Å². The molecule has 2 rings (SSSR count). The van der Waals surface area contributed by atoms with Gasteiger partial charge < -0.3 is 10.5 Å². The fourth-order valence-electron chi connectivity index (χ4n) is 1.50. The molecule has 1 amide bonds. The Labute approximate surface area is 118 Å². The Morgan fingerprint density at radius 1 is 1.42 bits per heavy atom. The fourth-order valence-corrected chi connectivity index (χ4v) is 1.80. The van der Waals surface area contributed by atoms with Crippen LogP contribution in [0.5, 0.6) is 0 Å². The Balaban J connectivity index is 2.25. The zero-order chi connectivity index (χ0) is 13.8. The second kappa shape index (κ2) is 5.85. The van der Waals surface area contributed by atoms with Gasteiger partial charge in [-0.15, -0.1) is 5.10 Å². The van der Waals surface area contributed by atoms with Gasteiger partial charge in [0.2, 0.25) is 0 Å². The SMILES string of the molecule is NC(=O)O[C@@H](Cn1cnnn1)c1ccc(Cl)c(Cl)c1. The molecule has 19 heavy (non-hydrogen) atoms. The molecule has 9 heteroatoms. The van der Waals surface area contributed by atoms with Crippen LogP contribution in [-0.2, 0) is 11.3 Å². The molecule has 0 bridgehead atoms. The third kappa shape index (κ3) is 3.55. The van der Waals surface area contributed by atoms with E-state index in [1.807, 2.05) is 0 Å². The van der Waals surface area contributed by atoms with Crippen molar-refractivity contribution < 1.29 is 9.53 Å². The molecule has 0 spiro atoms. The van der Waals surface area contributed by atoms with Crippen molar-refractivity contribution in [1.29, 1.82) is 0 Å². The van der Waals surface area contributed by atoms with Gasteiger partial charge in [-0.2, -0.15) is 0 Å². The van der Waals surface area contributed by atoms with Gasteiger partial charge in [0.05, 0.1) is 16.6 Å². The van der Waals surface area contributed by atoms with E-state index in [2.05, 4.69) is 15.5 Å². The van der Waals surface area contributed by atoms with Gasteiger partial charge in [-0.1, -0.05) is 29.3 Å². The molecule has 1 atom stereocenters. The minimum absolute atomic E-state index is 0.216. The Morgan fingerprint density at radius 3 is 2.79 bits per heavy atom. The number of amides is 1. The second-order valence-corrected chi connectivity index (χ2v) is 4.45. The fraction of sp³-hybridized carbons (Fsp3) is 0.200. The Morgan fingerprint density at radius 2 is 2.21 bits per heavy atom. The van der Waals surface area contributed by atoms with Gasteiger partial charge >= 0.3 is 6.09 Å². The molecule has 100 valence electrons. The van der Waals surface area contributed by atoms with Crippen LogP contribution in [0.2, 0.25) is 10.0 Å². The first-order chi connectivity index (χ1) is 9.06. The zero-order valence-corrected chi connectivity index (χ0v) is 11.0. The zero-order valence-electron chi connectivity index (χ0n) is 9.53. The van der Waals surface area contributed by atoms with Crippen molar-refractivity contribution in [3.63, 3.8) is 0 Å². The summed E-state index contributed by atoms with van der Waals surface area (Å²) in [6.45, 7) is 0.216. The van der Waals surface area contributed by atoms with E-state index in [0.29, 0.717) is 15.6 Å². The molecule has 0 unspecified atom stereocenters. The standard InChI is InChI=1S/C10H9Cl2N5O2/c11-7-2-1-6(3-8(7)12)9(19-10(13)18)4-17-5-14-15-16-17/h1-3,5,9H,4H2,(H2,13,18)/t9-/m0/s1. The summed E-state index contributed by atoms with van der Waals surface area (Å²) >= 11 is 11.8. The number of ether oxygens (including phenoxy) is 1. The number of benzene rings is 1. The number of tetrazole rings is 1. The Hall–Kier alpha value is -1.86. The highest BCUT2D eigenvalue weighted by Crippen LogP contribution is 2.27. The number of aromatic nitrogens is 4. The maximum absolute atomic E-state index is 10.9. The molecule has 0 fully saturated rings. The highest BCUT2D eigenvalue weighted by molar-refractivity contribution is 6.42. The van der Waals surface area contributed by atoms with Crippen molar-refractivity contribution in [2.45, 2.75) is 12.6 Å². The molecule has 0 aliphatic rings. The molecule has 1 heterocycles. The summed E-state index contributed by atoms with van der Waals surface area (Å²) in [6, 6.07) is 4.89. The van der Waals surface area contributed by atoms with Gasteiger partial charge in [0.1, 0.15) is 12.4 Å². The molecule has 1 aromatic carbocycles. The van der Waals surface area contributed by atoms with E-state index in [1.54, 1.807) is 18.2 Å². The molecular formula is C10H9Cl2N5O2. The summed E-state index contributed by atoms with van der Waals surface area (Å²) < 4.78 is 6.44. The summed E-state index contributed by atoms with van der Waals surface area (Å²) in [4.78, 5) is 10.9. The predicted octanol–water partition coefficient (Wildman–Crippen LogP) is 1.82.